The molecule has 0 unspecified atom stereocenters. The average molecular weight is 637 g/mol. The molecule has 3 aromatic carbocycles. The standard InChI is InChI=1S/C26H26BrIN2O4/c1-3-32-22-11-7-18(8-12-22)15-25(31)30-29-16-20-13-23(27)26(24(14-20)33-4-2)34-17-19-5-9-21(28)10-6-19/h5-14,16H,3-4,15,17H2,1-2H3,(H,30,31)/b29-16-. The van der Waals surface area contributed by atoms with E-state index in [4.69, 9.17) is 14.2 Å². The minimum absolute atomic E-state index is 0.206. The molecule has 1 amide bonds. The molecule has 0 bridgehead atoms. The lowest BCUT2D eigenvalue weighted by molar-refractivity contribution is -0.120. The van der Waals surface area contributed by atoms with E-state index in [0.717, 1.165) is 26.9 Å². The number of carbonyl (C=O) groups excluding carboxylic acids is 1. The van der Waals surface area contributed by atoms with Crippen LogP contribution in [-0.4, -0.2) is 25.3 Å². The lowest BCUT2D eigenvalue weighted by atomic mass is 10.1. The van der Waals surface area contributed by atoms with Crippen LogP contribution in [0.5, 0.6) is 17.2 Å². The van der Waals surface area contributed by atoms with Crippen LogP contribution >= 0.6 is 38.5 Å². The van der Waals surface area contributed by atoms with Crippen molar-refractivity contribution >= 4 is 50.6 Å². The molecule has 3 rings (SSSR count). The number of rotatable bonds is 11. The van der Waals surface area contributed by atoms with E-state index in [2.05, 4.69) is 49.0 Å². The Morgan fingerprint density at radius 1 is 0.971 bits per heavy atom. The minimum atomic E-state index is -0.206. The second kappa shape index (κ2) is 13.3. The third kappa shape index (κ3) is 8.02. The fourth-order valence-corrected chi connectivity index (χ4v) is 4.01. The summed E-state index contributed by atoms with van der Waals surface area (Å²) in [5.74, 6) is 1.80. The Kier molecular flexibility index (Phi) is 10.2. The molecule has 0 aliphatic rings. The second-order valence-corrected chi connectivity index (χ2v) is 9.33. The Bertz CT molecular complexity index is 1120. The molecular weight excluding hydrogens is 611 g/mol. The van der Waals surface area contributed by atoms with Crippen LogP contribution < -0.4 is 19.6 Å². The normalized spacial score (nSPS) is 10.8. The van der Waals surface area contributed by atoms with Gasteiger partial charge in [-0.25, -0.2) is 5.43 Å². The van der Waals surface area contributed by atoms with Crippen LogP contribution in [0.15, 0.2) is 70.2 Å². The Hall–Kier alpha value is -2.59. The van der Waals surface area contributed by atoms with Gasteiger partial charge in [0.15, 0.2) is 11.5 Å². The van der Waals surface area contributed by atoms with E-state index in [9.17, 15) is 4.79 Å². The number of hydrogen-bond donors (Lipinski definition) is 1. The van der Waals surface area contributed by atoms with Gasteiger partial charge in [-0.2, -0.15) is 5.10 Å². The number of ether oxygens (including phenoxy) is 3. The van der Waals surface area contributed by atoms with Gasteiger partial charge in [-0.15, -0.1) is 0 Å². The SMILES string of the molecule is CCOc1ccc(CC(=O)N/N=C\c2cc(Br)c(OCc3ccc(I)cc3)c(OCC)c2)cc1. The van der Waals surface area contributed by atoms with E-state index in [1.807, 2.05) is 74.5 Å². The van der Waals surface area contributed by atoms with Crippen LogP contribution in [0.1, 0.15) is 30.5 Å². The third-order valence-electron chi connectivity index (χ3n) is 4.63. The van der Waals surface area contributed by atoms with Gasteiger partial charge in [0.2, 0.25) is 5.91 Å². The summed E-state index contributed by atoms with van der Waals surface area (Å²) < 4.78 is 19.2. The summed E-state index contributed by atoms with van der Waals surface area (Å²) in [7, 11) is 0. The molecule has 0 heterocycles. The monoisotopic (exact) mass is 636 g/mol. The van der Waals surface area contributed by atoms with Crippen molar-refractivity contribution in [3.05, 3.63) is 85.4 Å². The summed E-state index contributed by atoms with van der Waals surface area (Å²) >= 11 is 5.84. The van der Waals surface area contributed by atoms with Gasteiger partial charge < -0.3 is 14.2 Å². The van der Waals surface area contributed by atoms with Gasteiger partial charge in [-0.1, -0.05) is 24.3 Å². The first-order valence-electron chi connectivity index (χ1n) is 10.9. The molecule has 0 saturated carbocycles. The van der Waals surface area contributed by atoms with Crippen molar-refractivity contribution < 1.29 is 19.0 Å². The highest BCUT2D eigenvalue weighted by molar-refractivity contribution is 14.1. The summed E-state index contributed by atoms with van der Waals surface area (Å²) in [6.45, 7) is 5.37. The summed E-state index contributed by atoms with van der Waals surface area (Å²) in [4.78, 5) is 12.2. The average Bonchev–Trinajstić information content (AvgIpc) is 2.81. The van der Waals surface area contributed by atoms with Gasteiger partial charge in [0.1, 0.15) is 12.4 Å². The van der Waals surface area contributed by atoms with Gasteiger partial charge in [-0.3, -0.25) is 4.79 Å². The molecule has 6 nitrogen and oxygen atoms in total. The number of nitrogens with zero attached hydrogens (tertiary/aromatic N) is 1. The highest BCUT2D eigenvalue weighted by Crippen LogP contribution is 2.37. The quantitative estimate of drug-likeness (QED) is 0.156. The maximum Gasteiger partial charge on any atom is 0.244 e. The van der Waals surface area contributed by atoms with Crippen molar-refractivity contribution in [2.75, 3.05) is 13.2 Å². The van der Waals surface area contributed by atoms with Crippen LogP contribution in [0, 0.1) is 3.57 Å². The molecule has 3 aromatic rings. The van der Waals surface area contributed by atoms with Crippen molar-refractivity contribution in [1.82, 2.24) is 5.43 Å². The number of hydrazone groups is 1. The van der Waals surface area contributed by atoms with Crippen molar-refractivity contribution in [3.8, 4) is 17.2 Å². The Morgan fingerprint density at radius 2 is 1.65 bits per heavy atom. The molecule has 0 spiro atoms. The van der Waals surface area contributed by atoms with Crippen molar-refractivity contribution in [3.63, 3.8) is 0 Å². The van der Waals surface area contributed by atoms with Gasteiger partial charge in [0.25, 0.3) is 0 Å². The number of benzene rings is 3. The first-order chi connectivity index (χ1) is 16.5. The summed E-state index contributed by atoms with van der Waals surface area (Å²) in [6, 6.07) is 19.3. The second-order valence-electron chi connectivity index (χ2n) is 7.23. The predicted octanol–water partition coefficient (Wildman–Crippen LogP) is 6.12. The fraction of sp³-hybridized carbons (Fsp3) is 0.231. The zero-order valence-corrected chi connectivity index (χ0v) is 22.8. The van der Waals surface area contributed by atoms with Crippen LogP contribution in [0.3, 0.4) is 0 Å². The third-order valence-corrected chi connectivity index (χ3v) is 5.94. The number of hydrogen-bond acceptors (Lipinski definition) is 5. The van der Waals surface area contributed by atoms with Crippen LogP contribution in [0.25, 0.3) is 0 Å². The molecule has 0 aliphatic carbocycles. The van der Waals surface area contributed by atoms with Crippen molar-refractivity contribution in [2.24, 2.45) is 5.10 Å². The van der Waals surface area contributed by atoms with Crippen LogP contribution in [-0.2, 0) is 17.8 Å². The van der Waals surface area contributed by atoms with E-state index in [-0.39, 0.29) is 12.3 Å². The first-order valence-corrected chi connectivity index (χ1v) is 12.7. The van der Waals surface area contributed by atoms with Crippen LogP contribution in [0.4, 0.5) is 0 Å². The van der Waals surface area contributed by atoms with Gasteiger partial charge >= 0.3 is 0 Å². The van der Waals surface area contributed by atoms with E-state index in [1.165, 1.54) is 3.57 Å². The number of carbonyl (C=O) groups is 1. The molecule has 0 atom stereocenters. The molecule has 0 aliphatic heterocycles. The smallest absolute Gasteiger partial charge is 0.244 e. The molecule has 0 saturated heterocycles. The molecule has 34 heavy (non-hydrogen) atoms. The lowest BCUT2D eigenvalue weighted by Gasteiger charge is -2.14. The molecule has 8 heteroatoms. The molecular formula is C26H26BrIN2O4. The van der Waals surface area contributed by atoms with Crippen molar-refractivity contribution in [2.45, 2.75) is 26.9 Å². The molecule has 0 aromatic heterocycles. The van der Waals surface area contributed by atoms with E-state index >= 15 is 0 Å². The highest BCUT2D eigenvalue weighted by Gasteiger charge is 2.12. The van der Waals surface area contributed by atoms with Gasteiger partial charge in [-0.05, 0) is 105 Å². The maximum atomic E-state index is 12.2. The van der Waals surface area contributed by atoms with Crippen molar-refractivity contribution in [1.29, 1.82) is 0 Å². The Labute approximate surface area is 222 Å². The maximum absolute atomic E-state index is 12.2. The van der Waals surface area contributed by atoms with Crippen LogP contribution in [0.2, 0.25) is 0 Å². The summed E-state index contributed by atoms with van der Waals surface area (Å²) in [5.41, 5.74) is 5.28. The zero-order valence-electron chi connectivity index (χ0n) is 19.0. The highest BCUT2D eigenvalue weighted by atomic mass is 127. The molecule has 1 N–H and O–H groups in total. The summed E-state index contributed by atoms with van der Waals surface area (Å²) in [6.07, 6.45) is 1.80. The number of nitrogens with one attached hydrogen (secondary N) is 1. The lowest BCUT2D eigenvalue weighted by Crippen LogP contribution is -2.19. The number of amides is 1. The molecule has 0 radical (unpaired) electrons. The van der Waals surface area contributed by atoms with Gasteiger partial charge in [0.05, 0.1) is 30.3 Å². The zero-order chi connectivity index (χ0) is 24.3. The van der Waals surface area contributed by atoms with Gasteiger partial charge in [0, 0.05) is 3.57 Å². The Balaban J connectivity index is 1.62. The largest absolute Gasteiger partial charge is 0.494 e. The topological polar surface area (TPSA) is 69.2 Å². The summed E-state index contributed by atoms with van der Waals surface area (Å²) in [5, 5.41) is 4.09. The minimum Gasteiger partial charge on any atom is -0.494 e. The van der Waals surface area contributed by atoms with E-state index in [0.29, 0.717) is 31.3 Å². The number of halogens is 2. The Morgan fingerprint density at radius 3 is 2.32 bits per heavy atom. The predicted molar refractivity (Wildman–Crippen MR) is 146 cm³/mol. The molecule has 0 fully saturated rings. The fourth-order valence-electron chi connectivity index (χ4n) is 3.08. The van der Waals surface area contributed by atoms with E-state index in [1.54, 1.807) is 6.21 Å². The molecule has 178 valence electrons. The van der Waals surface area contributed by atoms with E-state index < -0.39 is 0 Å². The first kappa shape index (κ1) is 26.0.